The van der Waals surface area contributed by atoms with E-state index in [1.54, 1.807) is 0 Å². The minimum Gasteiger partial charge on any atom is -0.481 e. The zero-order valence-electron chi connectivity index (χ0n) is 19.4. The Morgan fingerprint density at radius 3 is 1.75 bits per heavy atom. The molecule has 0 heterocycles. The molecule has 164 valence electrons. The Labute approximate surface area is 175 Å². The van der Waals surface area contributed by atoms with Crippen molar-refractivity contribution < 1.29 is 9.90 Å². The molecule has 0 aromatic carbocycles. The third-order valence-corrected chi connectivity index (χ3v) is 5.60. The topological polar surface area (TPSA) is 37.3 Å². The van der Waals surface area contributed by atoms with E-state index in [4.69, 9.17) is 0 Å². The molecule has 2 nitrogen and oxygen atoms in total. The number of rotatable bonds is 19. The highest BCUT2D eigenvalue weighted by Crippen LogP contribution is 2.19. The number of hydrogen-bond acceptors (Lipinski definition) is 1. The standard InChI is InChI=1S/C26H48O2/c1-5-6-7-8-9-10-11-12-13-14-15-16-20-25(26(27)28)22-21-24(4)19-17-18-23(2)3/h18,21,25H,5-17,19-20,22H2,1-4H3,(H,27,28). The Morgan fingerprint density at radius 2 is 1.29 bits per heavy atom. The van der Waals surface area contributed by atoms with E-state index in [-0.39, 0.29) is 5.92 Å². The van der Waals surface area contributed by atoms with Crippen LogP contribution in [-0.2, 0) is 4.79 Å². The van der Waals surface area contributed by atoms with Gasteiger partial charge in [-0.2, -0.15) is 0 Å². The minimum absolute atomic E-state index is 0.207. The number of allylic oxidation sites excluding steroid dienone is 4. The molecular formula is C26H48O2. The van der Waals surface area contributed by atoms with Gasteiger partial charge in [0.1, 0.15) is 0 Å². The summed E-state index contributed by atoms with van der Waals surface area (Å²) in [6, 6.07) is 0. The normalized spacial score (nSPS) is 12.8. The van der Waals surface area contributed by atoms with E-state index in [0.29, 0.717) is 6.42 Å². The third kappa shape index (κ3) is 18.3. The van der Waals surface area contributed by atoms with E-state index in [1.165, 1.54) is 81.8 Å². The lowest BCUT2D eigenvalue weighted by molar-refractivity contribution is -0.141. The van der Waals surface area contributed by atoms with Crippen LogP contribution in [0.5, 0.6) is 0 Å². The molecule has 28 heavy (non-hydrogen) atoms. The fraction of sp³-hybridized carbons (Fsp3) is 0.808. The van der Waals surface area contributed by atoms with Crippen molar-refractivity contribution in [3.8, 4) is 0 Å². The number of aliphatic carboxylic acids is 1. The van der Waals surface area contributed by atoms with Gasteiger partial charge in [0.2, 0.25) is 0 Å². The van der Waals surface area contributed by atoms with Gasteiger partial charge < -0.3 is 5.11 Å². The molecule has 0 aromatic rings. The summed E-state index contributed by atoms with van der Waals surface area (Å²) < 4.78 is 0. The molecule has 0 fully saturated rings. The second-order valence-electron chi connectivity index (χ2n) is 8.82. The van der Waals surface area contributed by atoms with Crippen LogP contribution in [-0.4, -0.2) is 11.1 Å². The molecular weight excluding hydrogens is 344 g/mol. The van der Waals surface area contributed by atoms with Crippen LogP contribution in [0.3, 0.4) is 0 Å². The summed E-state index contributed by atoms with van der Waals surface area (Å²) in [5.74, 6) is -0.835. The van der Waals surface area contributed by atoms with Gasteiger partial charge in [0.15, 0.2) is 0 Å². The average Bonchev–Trinajstić information content (AvgIpc) is 2.64. The van der Waals surface area contributed by atoms with E-state index >= 15 is 0 Å². The summed E-state index contributed by atoms with van der Waals surface area (Å²) in [6.45, 7) is 8.63. The molecule has 1 atom stereocenters. The van der Waals surface area contributed by atoms with Gasteiger partial charge in [0.05, 0.1) is 5.92 Å². The van der Waals surface area contributed by atoms with Gasteiger partial charge in [-0.05, 0) is 46.5 Å². The minimum atomic E-state index is -0.628. The molecule has 0 radical (unpaired) electrons. The Hall–Kier alpha value is -1.05. The van der Waals surface area contributed by atoms with E-state index < -0.39 is 5.97 Å². The summed E-state index contributed by atoms with van der Waals surface area (Å²) >= 11 is 0. The second-order valence-corrected chi connectivity index (χ2v) is 8.82. The zero-order valence-corrected chi connectivity index (χ0v) is 19.4. The first-order valence-corrected chi connectivity index (χ1v) is 12.0. The maximum absolute atomic E-state index is 11.5. The molecule has 1 unspecified atom stereocenters. The van der Waals surface area contributed by atoms with E-state index in [9.17, 15) is 9.90 Å². The van der Waals surface area contributed by atoms with Crippen molar-refractivity contribution >= 4 is 5.97 Å². The van der Waals surface area contributed by atoms with Gasteiger partial charge in [0.25, 0.3) is 0 Å². The Kier molecular flexibility index (Phi) is 18.6. The van der Waals surface area contributed by atoms with Crippen LogP contribution >= 0.6 is 0 Å². The van der Waals surface area contributed by atoms with Crippen molar-refractivity contribution in [2.24, 2.45) is 5.92 Å². The molecule has 0 bridgehead atoms. The van der Waals surface area contributed by atoms with Gasteiger partial charge in [-0.1, -0.05) is 107 Å². The van der Waals surface area contributed by atoms with Crippen molar-refractivity contribution in [1.82, 2.24) is 0 Å². The van der Waals surface area contributed by atoms with Gasteiger partial charge in [-0.15, -0.1) is 0 Å². The maximum Gasteiger partial charge on any atom is 0.306 e. The molecule has 0 aromatic heterocycles. The van der Waals surface area contributed by atoms with E-state index in [1.807, 2.05) is 0 Å². The molecule has 0 aliphatic carbocycles. The first-order valence-electron chi connectivity index (χ1n) is 12.0. The lowest BCUT2D eigenvalue weighted by Crippen LogP contribution is -2.12. The molecule has 0 saturated heterocycles. The summed E-state index contributed by atoms with van der Waals surface area (Å²) in [6.07, 6.45) is 23.9. The first-order chi connectivity index (χ1) is 13.5. The Bertz CT molecular complexity index is 430. The van der Waals surface area contributed by atoms with Crippen molar-refractivity contribution in [2.45, 2.75) is 130 Å². The van der Waals surface area contributed by atoms with Gasteiger partial charge in [-0.25, -0.2) is 0 Å². The lowest BCUT2D eigenvalue weighted by Gasteiger charge is -2.11. The van der Waals surface area contributed by atoms with Crippen LogP contribution in [0.15, 0.2) is 23.3 Å². The van der Waals surface area contributed by atoms with Gasteiger partial charge in [-0.3, -0.25) is 4.79 Å². The molecule has 0 rings (SSSR count). The van der Waals surface area contributed by atoms with E-state index in [2.05, 4.69) is 39.8 Å². The third-order valence-electron chi connectivity index (χ3n) is 5.60. The predicted molar refractivity (Wildman–Crippen MR) is 124 cm³/mol. The monoisotopic (exact) mass is 392 g/mol. The van der Waals surface area contributed by atoms with Crippen LogP contribution in [0, 0.1) is 5.92 Å². The van der Waals surface area contributed by atoms with Crippen molar-refractivity contribution in [1.29, 1.82) is 0 Å². The molecule has 0 amide bonds. The van der Waals surface area contributed by atoms with Gasteiger partial charge in [0, 0.05) is 0 Å². The predicted octanol–water partition coefficient (Wildman–Crippen LogP) is 8.86. The molecule has 0 saturated carbocycles. The van der Waals surface area contributed by atoms with E-state index in [0.717, 1.165) is 25.7 Å². The van der Waals surface area contributed by atoms with Crippen LogP contribution in [0.2, 0.25) is 0 Å². The molecule has 0 spiro atoms. The molecule has 1 N–H and O–H groups in total. The summed E-state index contributed by atoms with van der Waals surface area (Å²) in [5, 5.41) is 9.47. The fourth-order valence-electron chi connectivity index (χ4n) is 3.61. The summed E-state index contributed by atoms with van der Waals surface area (Å²) in [5.41, 5.74) is 2.67. The Balaban J connectivity index is 3.74. The van der Waals surface area contributed by atoms with Crippen LogP contribution < -0.4 is 0 Å². The zero-order chi connectivity index (χ0) is 21.0. The maximum atomic E-state index is 11.5. The fourth-order valence-corrected chi connectivity index (χ4v) is 3.61. The van der Waals surface area contributed by atoms with Crippen LogP contribution in [0.25, 0.3) is 0 Å². The highest BCUT2D eigenvalue weighted by molar-refractivity contribution is 5.70. The first kappa shape index (κ1) is 27.0. The second kappa shape index (κ2) is 19.3. The van der Waals surface area contributed by atoms with Gasteiger partial charge >= 0.3 is 5.97 Å². The van der Waals surface area contributed by atoms with Crippen LogP contribution in [0.1, 0.15) is 130 Å². The highest BCUT2D eigenvalue weighted by Gasteiger charge is 2.15. The number of unbranched alkanes of at least 4 members (excludes halogenated alkanes) is 11. The molecule has 0 aliphatic heterocycles. The summed E-state index contributed by atoms with van der Waals surface area (Å²) in [7, 11) is 0. The number of carboxylic acids is 1. The summed E-state index contributed by atoms with van der Waals surface area (Å²) in [4.78, 5) is 11.5. The molecule has 0 aliphatic rings. The number of carboxylic acid groups (broad SMARTS) is 1. The SMILES string of the molecule is CCCCCCCCCCCCCCC(CC=C(C)CCC=C(C)C)C(=O)O. The highest BCUT2D eigenvalue weighted by atomic mass is 16.4. The average molecular weight is 393 g/mol. The van der Waals surface area contributed by atoms with Crippen LogP contribution in [0.4, 0.5) is 0 Å². The lowest BCUT2D eigenvalue weighted by atomic mass is 9.95. The number of hydrogen-bond donors (Lipinski definition) is 1. The number of carbonyl (C=O) groups is 1. The Morgan fingerprint density at radius 1 is 0.786 bits per heavy atom. The van der Waals surface area contributed by atoms with Crippen molar-refractivity contribution in [2.75, 3.05) is 0 Å². The molecule has 2 heteroatoms. The smallest absolute Gasteiger partial charge is 0.306 e. The largest absolute Gasteiger partial charge is 0.481 e. The van der Waals surface area contributed by atoms with Crippen molar-refractivity contribution in [3.05, 3.63) is 23.3 Å². The quantitative estimate of drug-likeness (QED) is 0.176. The van der Waals surface area contributed by atoms with Crippen molar-refractivity contribution in [3.63, 3.8) is 0 Å².